The van der Waals surface area contributed by atoms with Gasteiger partial charge in [-0.2, -0.15) is 0 Å². The number of nitrogens with one attached hydrogen (secondary N) is 1. The van der Waals surface area contributed by atoms with Gasteiger partial charge in [0.15, 0.2) is 11.6 Å². The van der Waals surface area contributed by atoms with Crippen LogP contribution in [0.1, 0.15) is 30.2 Å². The number of carbonyl (C=O) groups is 2. The van der Waals surface area contributed by atoms with Gasteiger partial charge < -0.3 is 9.72 Å². The van der Waals surface area contributed by atoms with E-state index < -0.39 is 5.97 Å². The van der Waals surface area contributed by atoms with Crippen LogP contribution in [0.3, 0.4) is 0 Å². The summed E-state index contributed by atoms with van der Waals surface area (Å²) in [6.45, 7) is 6.45. The van der Waals surface area contributed by atoms with Crippen molar-refractivity contribution < 1.29 is 14.3 Å². The van der Waals surface area contributed by atoms with E-state index in [4.69, 9.17) is 4.74 Å². The Balaban J connectivity index is 2.55. The van der Waals surface area contributed by atoms with E-state index in [-0.39, 0.29) is 18.2 Å². The van der Waals surface area contributed by atoms with Crippen molar-refractivity contribution in [2.75, 3.05) is 0 Å². The lowest BCUT2D eigenvalue weighted by molar-refractivity contribution is -0.140. The number of ketones is 1. The normalized spacial score (nSPS) is 9.73. The molecule has 0 fully saturated rings. The van der Waals surface area contributed by atoms with Crippen LogP contribution in [0.15, 0.2) is 18.3 Å². The highest BCUT2D eigenvalue weighted by atomic mass is 16.5. The second-order valence-electron chi connectivity index (χ2n) is 3.15. The van der Waals surface area contributed by atoms with Gasteiger partial charge in [-0.25, -0.2) is 9.78 Å². The Morgan fingerprint density at radius 2 is 2.20 bits per heavy atom. The molecule has 0 aliphatic heterocycles. The lowest BCUT2D eigenvalue weighted by Crippen LogP contribution is -2.05. The Hall–Kier alpha value is -1.91. The van der Waals surface area contributed by atoms with Crippen LogP contribution < -0.4 is 0 Å². The summed E-state index contributed by atoms with van der Waals surface area (Å²) in [5, 5.41) is 0. The molecule has 0 aromatic carbocycles. The number of rotatable bonds is 4. The number of imidazole rings is 1. The Morgan fingerprint density at radius 1 is 1.53 bits per heavy atom. The van der Waals surface area contributed by atoms with Crippen molar-refractivity contribution in [3.63, 3.8) is 0 Å². The van der Waals surface area contributed by atoms with Crippen LogP contribution in [0.4, 0.5) is 0 Å². The van der Waals surface area contributed by atoms with Gasteiger partial charge in [0, 0.05) is 18.7 Å². The van der Waals surface area contributed by atoms with Crippen LogP contribution in [0.5, 0.6) is 0 Å². The molecule has 0 atom stereocenters. The molecule has 0 saturated carbocycles. The number of H-pyrrole nitrogens is 1. The third-order valence-electron chi connectivity index (χ3n) is 1.66. The minimum absolute atomic E-state index is 0.0372. The third-order valence-corrected chi connectivity index (χ3v) is 1.66. The SMILES string of the molecule is C=C(C)C(=O)OCc1c[nH]c(C(C)=O)n1. The minimum Gasteiger partial charge on any atom is -0.456 e. The van der Waals surface area contributed by atoms with E-state index >= 15 is 0 Å². The van der Waals surface area contributed by atoms with E-state index in [0.717, 1.165) is 0 Å². The highest BCUT2D eigenvalue weighted by molar-refractivity contribution is 5.90. The second-order valence-corrected chi connectivity index (χ2v) is 3.15. The van der Waals surface area contributed by atoms with Gasteiger partial charge in [0.2, 0.25) is 0 Å². The zero-order valence-electron chi connectivity index (χ0n) is 8.66. The zero-order chi connectivity index (χ0) is 11.4. The molecule has 15 heavy (non-hydrogen) atoms. The lowest BCUT2D eigenvalue weighted by atomic mass is 10.4. The average molecular weight is 208 g/mol. The maximum atomic E-state index is 11.0. The highest BCUT2D eigenvalue weighted by Crippen LogP contribution is 2.02. The molecule has 1 N–H and O–H groups in total. The monoisotopic (exact) mass is 208 g/mol. The number of hydrogen-bond acceptors (Lipinski definition) is 4. The van der Waals surface area contributed by atoms with Crippen LogP contribution in [0.2, 0.25) is 0 Å². The first-order valence-electron chi connectivity index (χ1n) is 4.38. The summed E-state index contributed by atoms with van der Waals surface area (Å²) in [4.78, 5) is 28.5. The number of carbonyl (C=O) groups excluding carboxylic acids is 2. The van der Waals surface area contributed by atoms with Gasteiger partial charge in [-0.15, -0.1) is 0 Å². The average Bonchev–Trinajstić information content (AvgIpc) is 2.62. The van der Waals surface area contributed by atoms with Crippen molar-refractivity contribution in [3.05, 3.63) is 29.9 Å². The van der Waals surface area contributed by atoms with E-state index in [2.05, 4.69) is 16.5 Å². The fourth-order valence-corrected chi connectivity index (χ4v) is 0.877. The summed E-state index contributed by atoms with van der Waals surface area (Å²) >= 11 is 0. The summed E-state index contributed by atoms with van der Waals surface area (Å²) < 4.78 is 4.85. The smallest absolute Gasteiger partial charge is 0.333 e. The minimum atomic E-state index is -0.470. The maximum Gasteiger partial charge on any atom is 0.333 e. The molecule has 5 heteroatoms. The van der Waals surface area contributed by atoms with Crippen LogP contribution in [0.25, 0.3) is 0 Å². The fraction of sp³-hybridized carbons (Fsp3) is 0.300. The molecule has 1 heterocycles. The van der Waals surface area contributed by atoms with Crippen LogP contribution >= 0.6 is 0 Å². The maximum absolute atomic E-state index is 11.0. The molecule has 0 bridgehead atoms. The van der Waals surface area contributed by atoms with Gasteiger partial charge in [0.05, 0.1) is 5.69 Å². The van der Waals surface area contributed by atoms with Crippen LogP contribution in [0, 0.1) is 0 Å². The number of ether oxygens (including phenoxy) is 1. The fourth-order valence-electron chi connectivity index (χ4n) is 0.877. The van der Waals surface area contributed by atoms with Crippen molar-refractivity contribution in [1.82, 2.24) is 9.97 Å². The Morgan fingerprint density at radius 3 is 2.67 bits per heavy atom. The molecule has 1 aromatic heterocycles. The number of nitrogens with zero attached hydrogens (tertiary/aromatic N) is 1. The topological polar surface area (TPSA) is 72.1 Å². The summed E-state index contributed by atoms with van der Waals surface area (Å²) in [5.74, 6) is -0.369. The van der Waals surface area contributed by atoms with E-state index in [0.29, 0.717) is 11.3 Å². The molecule has 5 nitrogen and oxygen atoms in total. The Bertz CT molecular complexity index is 407. The quantitative estimate of drug-likeness (QED) is 0.459. The summed E-state index contributed by atoms with van der Waals surface area (Å²) in [6.07, 6.45) is 1.53. The van der Waals surface area contributed by atoms with Crippen LogP contribution in [-0.2, 0) is 16.1 Å². The van der Waals surface area contributed by atoms with Gasteiger partial charge in [-0.3, -0.25) is 4.79 Å². The van der Waals surface area contributed by atoms with Gasteiger partial charge in [0.25, 0.3) is 0 Å². The molecule has 80 valence electrons. The van der Waals surface area contributed by atoms with E-state index in [1.165, 1.54) is 13.1 Å². The summed E-state index contributed by atoms with van der Waals surface area (Å²) in [7, 11) is 0. The van der Waals surface area contributed by atoms with Gasteiger partial charge >= 0.3 is 5.97 Å². The number of esters is 1. The molecule has 1 aromatic rings. The van der Waals surface area contributed by atoms with Gasteiger partial charge in [-0.1, -0.05) is 6.58 Å². The van der Waals surface area contributed by atoms with Gasteiger partial charge in [0.1, 0.15) is 6.61 Å². The number of Topliss-reactive ketones (excluding diaryl/α,β-unsaturated/α-hetero) is 1. The van der Waals surface area contributed by atoms with E-state index in [1.807, 2.05) is 0 Å². The number of aromatic amines is 1. The molecule has 0 radical (unpaired) electrons. The standard InChI is InChI=1S/C10H12N2O3/c1-6(2)10(14)15-5-8-4-11-9(12-8)7(3)13/h4H,1,5H2,2-3H3,(H,11,12). The largest absolute Gasteiger partial charge is 0.456 e. The molecule has 0 aliphatic rings. The third kappa shape index (κ3) is 3.05. The highest BCUT2D eigenvalue weighted by Gasteiger charge is 2.08. The van der Waals surface area contributed by atoms with Crippen molar-refractivity contribution in [3.8, 4) is 0 Å². The van der Waals surface area contributed by atoms with E-state index in [1.54, 1.807) is 6.92 Å². The summed E-state index contributed by atoms with van der Waals surface area (Å²) in [6, 6.07) is 0. The first kappa shape index (κ1) is 11.2. The number of hydrogen-bond donors (Lipinski definition) is 1. The predicted molar refractivity (Wildman–Crippen MR) is 53.2 cm³/mol. The first-order chi connectivity index (χ1) is 7.00. The summed E-state index contributed by atoms with van der Waals surface area (Å²) in [5.41, 5.74) is 0.840. The van der Waals surface area contributed by atoms with Crippen molar-refractivity contribution in [2.24, 2.45) is 0 Å². The van der Waals surface area contributed by atoms with Crippen molar-refractivity contribution in [2.45, 2.75) is 20.5 Å². The Kier molecular flexibility index (Phi) is 3.38. The molecular weight excluding hydrogens is 196 g/mol. The van der Waals surface area contributed by atoms with Crippen LogP contribution in [-0.4, -0.2) is 21.7 Å². The first-order valence-corrected chi connectivity index (χ1v) is 4.38. The molecule has 0 unspecified atom stereocenters. The Labute approximate surface area is 87.2 Å². The predicted octanol–water partition coefficient (Wildman–Crippen LogP) is 1.23. The molecule has 0 saturated heterocycles. The van der Waals surface area contributed by atoms with Crippen molar-refractivity contribution in [1.29, 1.82) is 0 Å². The van der Waals surface area contributed by atoms with Gasteiger partial charge in [-0.05, 0) is 6.92 Å². The second kappa shape index (κ2) is 4.54. The zero-order valence-corrected chi connectivity index (χ0v) is 8.66. The molecular formula is C10H12N2O3. The lowest BCUT2D eigenvalue weighted by Gasteiger charge is -2.00. The molecule has 0 amide bonds. The number of aromatic nitrogens is 2. The molecule has 0 spiro atoms. The van der Waals surface area contributed by atoms with Crippen molar-refractivity contribution >= 4 is 11.8 Å². The molecule has 0 aliphatic carbocycles. The molecule has 1 rings (SSSR count). The van der Waals surface area contributed by atoms with E-state index in [9.17, 15) is 9.59 Å².